The molecular formula is C21H16Cl2N2O3. The van der Waals surface area contributed by atoms with E-state index >= 15 is 0 Å². The van der Waals surface area contributed by atoms with E-state index in [0.29, 0.717) is 28.8 Å². The summed E-state index contributed by atoms with van der Waals surface area (Å²) in [5.74, 6) is 0. The summed E-state index contributed by atoms with van der Waals surface area (Å²) in [6.45, 7) is 0.928. The number of benzene rings is 2. The molecule has 0 spiro atoms. The highest BCUT2D eigenvalue weighted by Gasteiger charge is 2.17. The van der Waals surface area contributed by atoms with Crippen LogP contribution in [0.5, 0.6) is 0 Å². The van der Waals surface area contributed by atoms with Crippen LogP contribution in [0.2, 0.25) is 10.0 Å². The second-order valence-electron chi connectivity index (χ2n) is 6.35. The lowest BCUT2D eigenvalue weighted by atomic mass is 10.1. The summed E-state index contributed by atoms with van der Waals surface area (Å²) in [5, 5.41) is 1.97. The Bertz CT molecular complexity index is 1160. The number of imidazole rings is 1. The van der Waals surface area contributed by atoms with Gasteiger partial charge < -0.3 is 13.7 Å². The van der Waals surface area contributed by atoms with Gasteiger partial charge in [0.15, 0.2) is 0 Å². The van der Waals surface area contributed by atoms with Crippen molar-refractivity contribution in [3.63, 3.8) is 0 Å². The number of ether oxygens (including phenoxy) is 1. The maximum atomic E-state index is 11.3. The first kappa shape index (κ1) is 18.7. The molecule has 1 unspecified atom stereocenters. The predicted octanol–water partition coefficient (Wildman–Crippen LogP) is 5.25. The van der Waals surface area contributed by atoms with E-state index in [-0.39, 0.29) is 11.7 Å². The van der Waals surface area contributed by atoms with Crippen LogP contribution < -0.4 is 5.63 Å². The number of hydrogen-bond donors (Lipinski definition) is 0. The molecule has 4 rings (SSSR count). The summed E-state index contributed by atoms with van der Waals surface area (Å²) >= 11 is 12.4. The van der Waals surface area contributed by atoms with E-state index in [1.807, 2.05) is 29.0 Å². The Morgan fingerprint density at radius 1 is 1.11 bits per heavy atom. The van der Waals surface area contributed by atoms with Gasteiger partial charge >= 0.3 is 5.63 Å². The first-order chi connectivity index (χ1) is 13.6. The van der Waals surface area contributed by atoms with Gasteiger partial charge in [0.05, 0.1) is 19.5 Å². The fourth-order valence-corrected chi connectivity index (χ4v) is 3.53. The molecule has 0 saturated carbocycles. The van der Waals surface area contributed by atoms with E-state index in [1.54, 1.807) is 36.8 Å². The maximum Gasteiger partial charge on any atom is 0.336 e. The fourth-order valence-electron chi connectivity index (χ4n) is 3.00. The third-order valence-electron chi connectivity index (χ3n) is 4.38. The Balaban J connectivity index is 1.58. The zero-order valence-corrected chi connectivity index (χ0v) is 16.2. The van der Waals surface area contributed by atoms with Gasteiger partial charge in [0.2, 0.25) is 0 Å². The minimum Gasteiger partial charge on any atom is -0.423 e. The van der Waals surface area contributed by atoms with Crippen molar-refractivity contribution < 1.29 is 9.15 Å². The van der Waals surface area contributed by atoms with Gasteiger partial charge in [-0.05, 0) is 35.9 Å². The molecule has 2 aromatic heterocycles. The quantitative estimate of drug-likeness (QED) is 0.404. The fraction of sp³-hybridized carbons (Fsp3) is 0.143. The minimum absolute atomic E-state index is 0.289. The summed E-state index contributed by atoms with van der Waals surface area (Å²) in [6.07, 6.45) is 5.04. The third-order valence-corrected chi connectivity index (χ3v) is 4.94. The molecular weight excluding hydrogens is 399 g/mol. The summed E-state index contributed by atoms with van der Waals surface area (Å²) in [6, 6.07) is 14.1. The van der Waals surface area contributed by atoms with E-state index < -0.39 is 0 Å². The van der Waals surface area contributed by atoms with Gasteiger partial charge in [0, 0.05) is 39.5 Å². The molecule has 5 nitrogen and oxygen atoms in total. The van der Waals surface area contributed by atoms with Gasteiger partial charge in [-0.15, -0.1) is 0 Å². The summed E-state index contributed by atoms with van der Waals surface area (Å²) in [4.78, 5) is 15.4. The van der Waals surface area contributed by atoms with Crippen molar-refractivity contribution in [1.82, 2.24) is 9.55 Å². The van der Waals surface area contributed by atoms with E-state index in [4.69, 9.17) is 32.4 Å². The first-order valence-corrected chi connectivity index (χ1v) is 9.39. The number of rotatable bonds is 6. The molecule has 0 radical (unpaired) electrons. The summed E-state index contributed by atoms with van der Waals surface area (Å²) < 4.78 is 13.3. The van der Waals surface area contributed by atoms with Gasteiger partial charge in [-0.3, -0.25) is 0 Å². The third kappa shape index (κ3) is 4.28. The van der Waals surface area contributed by atoms with Gasteiger partial charge in [-0.2, -0.15) is 0 Å². The van der Waals surface area contributed by atoms with Crippen molar-refractivity contribution in [2.45, 2.75) is 19.3 Å². The maximum absolute atomic E-state index is 11.3. The van der Waals surface area contributed by atoms with E-state index in [0.717, 1.165) is 16.5 Å². The molecule has 0 fully saturated rings. The number of nitrogens with zero attached hydrogens (tertiary/aromatic N) is 2. The average molecular weight is 415 g/mol. The lowest BCUT2D eigenvalue weighted by Crippen LogP contribution is -2.12. The van der Waals surface area contributed by atoms with E-state index in [2.05, 4.69) is 4.98 Å². The molecule has 4 aromatic rings. The van der Waals surface area contributed by atoms with Gasteiger partial charge in [-0.1, -0.05) is 35.3 Å². The summed E-state index contributed by atoms with van der Waals surface area (Å²) in [5.41, 5.74) is 2.00. The molecule has 0 saturated heterocycles. The highest BCUT2D eigenvalue weighted by Crippen LogP contribution is 2.30. The lowest BCUT2D eigenvalue weighted by Gasteiger charge is -2.20. The Labute approximate surface area is 171 Å². The molecule has 0 aliphatic rings. The van der Waals surface area contributed by atoms with Crippen LogP contribution in [0, 0.1) is 0 Å². The van der Waals surface area contributed by atoms with Gasteiger partial charge in [-0.25, -0.2) is 9.78 Å². The van der Waals surface area contributed by atoms with Crippen LogP contribution in [0.25, 0.3) is 11.0 Å². The SMILES string of the molecule is O=c1ccc2cc(COC(Cn3ccnc3)c3ccc(Cl)cc3Cl)ccc2o1. The molecule has 28 heavy (non-hydrogen) atoms. The molecule has 7 heteroatoms. The smallest absolute Gasteiger partial charge is 0.336 e. The van der Waals surface area contributed by atoms with Crippen molar-refractivity contribution >= 4 is 34.2 Å². The van der Waals surface area contributed by atoms with Gasteiger partial charge in [0.25, 0.3) is 0 Å². The zero-order chi connectivity index (χ0) is 19.5. The van der Waals surface area contributed by atoms with Crippen LogP contribution in [0.15, 0.2) is 76.5 Å². The largest absolute Gasteiger partial charge is 0.423 e. The van der Waals surface area contributed by atoms with Crippen LogP contribution >= 0.6 is 23.2 Å². The average Bonchev–Trinajstić information content (AvgIpc) is 3.18. The number of fused-ring (bicyclic) bond motifs is 1. The summed E-state index contributed by atoms with van der Waals surface area (Å²) in [7, 11) is 0. The van der Waals surface area contributed by atoms with Crippen LogP contribution in [0.4, 0.5) is 0 Å². The Kier molecular flexibility index (Phi) is 5.48. The minimum atomic E-state index is -0.366. The molecule has 2 heterocycles. The van der Waals surface area contributed by atoms with Crippen molar-refractivity contribution in [2.24, 2.45) is 0 Å². The van der Waals surface area contributed by atoms with E-state index in [9.17, 15) is 4.79 Å². The molecule has 0 N–H and O–H groups in total. The monoisotopic (exact) mass is 414 g/mol. The molecule has 0 aliphatic heterocycles. The van der Waals surface area contributed by atoms with Crippen LogP contribution in [0.3, 0.4) is 0 Å². The van der Waals surface area contributed by atoms with E-state index in [1.165, 1.54) is 6.07 Å². The normalized spacial score (nSPS) is 12.4. The van der Waals surface area contributed by atoms with Crippen molar-refractivity contribution in [1.29, 1.82) is 0 Å². The highest BCUT2D eigenvalue weighted by atomic mass is 35.5. The van der Waals surface area contributed by atoms with Crippen molar-refractivity contribution in [3.8, 4) is 0 Å². The Morgan fingerprint density at radius 2 is 2.00 bits per heavy atom. The molecule has 1 atom stereocenters. The van der Waals surface area contributed by atoms with Gasteiger partial charge in [0.1, 0.15) is 11.7 Å². The predicted molar refractivity (Wildman–Crippen MR) is 109 cm³/mol. The lowest BCUT2D eigenvalue weighted by molar-refractivity contribution is 0.0281. The molecule has 0 aliphatic carbocycles. The van der Waals surface area contributed by atoms with Crippen LogP contribution in [-0.2, 0) is 17.9 Å². The van der Waals surface area contributed by atoms with Crippen molar-refractivity contribution in [2.75, 3.05) is 0 Å². The second kappa shape index (κ2) is 8.19. The topological polar surface area (TPSA) is 57.3 Å². The number of aromatic nitrogens is 2. The van der Waals surface area contributed by atoms with Crippen LogP contribution in [0.1, 0.15) is 17.2 Å². The standard InChI is InChI=1S/C21H16Cl2N2O3/c22-16-3-4-17(18(23)10-16)20(11-25-8-7-24-13-25)27-12-14-1-5-19-15(9-14)2-6-21(26)28-19/h1-10,13,20H,11-12H2. The number of hydrogen-bond acceptors (Lipinski definition) is 4. The molecule has 0 amide bonds. The molecule has 142 valence electrons. The van der Waals surface area contributed by atoms with Crippen LogP contribution in [-0.4, -0.2) is 9.55 Å². The highest BCUT2D eigenvalue weighted by molar-refractivity contribution is 6.35. The number of halogens is 2. The molecule has 0 bridgehead atoms. The molecule has 2 aromatic carbocycles. The second-order valence-corrected chi connectivity index (χ2v) is 7.20. The first-order valence-electron chi connectivity index (χ1n) is 8.63. The Morgan fingerprint density at radius 3 is 2.79 bits per heavy atom. The Hall–Kier alpha value is -2.60. The van der Waals surface area contributed by atoms with Crippen molar-refractivity contribution in [3.05, 3.63) is 98.8 Å². The zero-order valence-electron chi connectivity index (χ0n) is 14.7.